The topological polar surface area (TPSA) is 59.8 Å². The van der Waals surface area contributed by atoms with Crippen LogP contribution in [0, 0.1) is 5.92 Å². The molecule has 0 unspecified atom stereocenters. The van der Waals surface area contributed by atoms with E-state index < -0.39 is 0 Å². The second-order valence-corrected chi connectivity index (χ2v) is 10.9. The summed E-state index contributed by atoms with van der Waals surface area (Å²) in [5.74, 6) is 2.14. The summed E-state index contributed by atoms with van der Waals surface area (Å²) in [6.07, 6.45) is 0.888. The number of hydrogen-bond donors (Lipinski definition) is 1. The number of nitrogens with one attached hydrogen (secondary N) is 1. The molecule has 1 amide bonds. The molecule has 6 heteroatoms. The van der Waals surface area contributed by atoms with E-state index in [-0.39, 0.29) is 5.91 Å². The second kappa shape index (κ2) is 12.6. The standard InChI is InChI=1S/C33H32N4OS/c1-24(2)21-31-35-36-33(37(31)22-25-9-5-3-6-10-25)39-23-26-13-15-29(16-14-26)32(38)34-30-19-17-28(18-20-30)27-11-7-4-8-12-27/h3-20,24H,21-23H2,1-2H3,(H,34,38). The Morgan fingerprint density at radius 3 is 2.08 bits per heavy atom. The van der Waals surface area contributed by atoms with Gasteiger partial charge in [-0.3, -0.25) is 4.79 Å². The average molecular weight is 533 g/mol. The van der Waals surface area contributed by atoms with E-state index in [4.69, 9.17) is 0 Å². The third-order valence-corrected chi connectivity index (χ3v) is 7.44. The van der Waals surface area contributed by atoms with Crippen molar-refractivity contribution < 1.29 is 4.79 Å². The van der Waals surface area contributed by atoms with Crippen LogP contribution in [0.5, 0.6) is 0 Å². The fraction of sp³-hybridized carbons (Fsp3) is 0.182. The van der Waals surface area contributed by atoms with Crippen LogP contribution >= 0.6 is 11.8 Å². The molecule has 196 valence electrons. The van der Waals surface area contributed by atoms with Gasteiger partial charge in [-0.15, -0.1) is 10.2 Å². The third-order valence-electron chi connectivity index (χ3n) is 6.40. The zero-order valence-electron chi connectivity index (χ0n) is 22.2. The van der Waals surface area contributed by atoms with Gasteiger partial charge in [-0.05, 0) is 52.4 Å². The maximum Gasteiger partial charge on any atom is 0.255 e. The van der Waals surface area contributed by atoms with E-state index in [0.29, 0.717) is 11.5 Å². The molecular weight excluding hydrogens is 500 g/mol. The molecule has 0 aliphatic rings. The van der Waals surface area contributed by atoms with Crippen molar-refractivity contribution in [1.82, 2.24) is 14.8 Å². The Kier molecular flexibility index (Phi) is 8.54. The van der Waals surface area contributed by atoms with Gasteiger partial charge in [0.15, 0.2) is 5.16 Å². The first kappa shape index (κ1) is 26.4. The number of benzene rings is 4. The number of carbonyl (C=O) groups excluding carboxylic acids is 1. The zero-order valence-corrected chi connectivity index (χ0v) is 23.1. The number of thioether (sulfide) groups is 1. The van der Waals surface area contributed by atoms with E-state index in [1.54, 1.807) is 11.8 Å². The molecule has 1 aromatic heterocycles. The number of anilines is 1. The van der Waals surface area contributed by atoms with Gasteiger partial charge in [0.2, 0.25) is 0 Å². The van der Waals surface area contributed by atoms with Crippen LogP contribution in [0.3, 0.4) is 0 Å². The molecule has 5 rings (SSSR count). The molecule has 0 aliphatic heterocycles. The lowest BCUT2D eigenvalue weighted by Crippen LogP contribution is -2.11. The van der Waals surface area contributed by atoms with Gasteiger partial charge >= 0.3 is 0 Å². The molecule has 4 aromatic carbocycles. The van der Waals surface area contributed by atoms with Crippen LogP contribution in [-0.4, -0.2) is 20.7 Å². The molecule has 1 N–H and O–H groups in total. The van der Waals surface area contributed by atoms with Crippen LogP contribution in [0.2, 0.25) is 0 Å². The summed E-state index contributed by atoms with van der Waals surface area (Å²) < 4.78 is 2.23. The van der Waals surface area contributed by atoms with Gasteiger partial charge in [-0.25, -0.2) is 0 Å². The Bertz CT molecular complexity index is 1500. The van der Waals surface area contributed by atoms with E-state index in [1.807, 2.05) is 72.8 Å². The van der Waals surface area contributed by atoms with Gasteiger partial charge in [0.1, 0.15) is 5.82 Å². The lowest BCUT2D eigenvalue weighted by molar-refractivity contribution is 0.102. The zero-order chi connectivity index (χ0) is 27.0. The molecule has 0 spiro atoms. The number of carbonyl (C=O) groups is 1. The average Bonchev–Trinajstić information content (AvgIpc) is 3.33. The van der Waals surface area contributed by atoms with Crippen molar-refractivity contribution in [2.24, 2.45) is 5.92 Å². The monoisotopic (exact) mass is 532 g/mol. The van der Waals surface area contributed by atoms with Gasteiger partial charge in [0.25, 0.3) is 5.91 Å². The summed E-state index contributed by atoms with van der Waals surface area (Å²) in [6, 6.07) is 36.3. The highest BCUT2D eigenvalue weighted by molar-refractivity contribution is 7.98. The normalized spacial score (nSPS) is 11.1. The van der Waals surface area contributed by atoms with Crippen molar-refractivity contribution in [2.45, 2.75) is 37.7 Å². The van der Waals surface area contributed by atoms with Crippen molar-refractivity contribution >= 4 is 23.4 Å². The third kappa shape index (κ3) is 7.03. The van der Waals surface area contributed by atoms with Crippen molar-refractivity contribution in [1.29, 1.82) is 0 Å². The number of rotatable bonds is 10. The van der Waals surface area contributed by atoms with Crippen LogP contribution in [0.1, 0.15) is 41.2 Å². The SMILES string of the molecule is CC(C)Cc1nnc(SCc2ccc(C(=O)Nc3ccc(-c4ccccc4)cc3)cc2)n1Cc1ccccc1. The summed E-state index contributed by atoms with van der Waals surface area (Å²) in [6.45, 7) is 5.15. The van der Waals surface area contributed by atoms with E-state index in [9.17, 15) is 4.79 Å². The van der Waals surface area contributed by atoms with Crippen molar-refractivity contribution in [2.75, 3.05) is 5.32 Å². The first-order chi connectivity index (χ1) is 19.0. The van der Waals surface area contributed by atoms with Crippen molar-refractivity contribution in [3.05, 3.63) is 132 Å². The quantitative estimate of drug-likeness (QED) is 0.187. The van der Waals surface area contributed by atoms with Gasteiger partial charge in [0.05, 0.1) is 6.54 Å². The first-order valence-electron chi connectivity index (χ1n) is 13.2. The smallest absolute Gasteiger partial charge is 0.255 e. The first-order valence-corrected chi connectivity index (χ1v) is 14.2. The molecule has 5 aromatic rings. The van der Waals surface area contributed by atoms with Crippen LogP contribution in [0.15, 0.2) is 114 Å². The summed E-state index contributed by atoms with van der Waals surface area (Å²) >= 11 is 1.67. The summed E-state index contributed by atoms with van der Waals surface area (Å²) in [7, 11) is 0. The minimum atomic E-state index is -0.123. The Morgan fingerprint density at radius 1 is 0.769 bits per heavy atom. The molecule has 0 atom stereocenters. The number of aromatic nitrogens is 3. The maximum absolute atomic E-state index is 12.8. The Hall–Kier alpha value is -4.16. The van der Waals surface area contributed by atoms with E-state index in [0.717, 1.165) is 52.1 Å². The van der Waals surface area contributed by atoms with Gasteiger partial charge in [-0.1, -0.05) is 111 Å². The molecule has 39 heavy (non-hydrogen) atoms. The lowest BCUT2D eigenvalue weighted by atomic mass is 10.1. The van der Waals surface area contributed by atoms with Gasteiger partial charge in [0, 0.05) is 23.4 Å². The number of nitrogens with zero attached hydrogens (tertiary/aromatic N) is 3. The predicted octanol–water partition coefficient (Wildman–Crippen LogP) is 7.74. The minimum absolute atomic E-state index is 0.123. The molecular formula is C33H32N4OS. The van der Waals surface area contributed by atoms with Gasteiger partial charge < -0.3 is 9.88 Å². The van der Waals surface area contributed by atoms with Crippen LogP contribution in [-0.2, 0) is 18.7 Å². The molecule has 5 nitrogen and oxygen atoms in total. The Labute approximate surface area is 234 Å². The highest BCUT2D eigenvalue weighted by atomic mass is 32.2. The van der Waals surface area contributed by atoms with Crippen LogP contribution in [0.25, 0.3) is 11.1 Å². The fourth-order valence-electron chi connectivity index (χ4n) is 4.35. The fourth-order valence-corrected chi connectivity index (χ4v) is 5.26. The van der Waals surface area contributed by atoms with Crippen molar-refractivity contribution in [3.8, 4) is 11.1 Å². The van der Waals surface area contributed by atoms with Crippen LogP contribution < -0.4 is 5.32 Å². The molecule has 0 radical (unpaired) electrons. The largest absolute Gasteiger partial charge is 0.322 e. The summed E-state index contributed by atoms with van der Waals surface area (Å²) in [5, 5.41) is 12.9. The highest BCUT2D eigenvalue weighted by Crippen LogP contribution is 2.25. The Morgan fingerprint density at radius 2 is 1.41 bits per heavy atom. The summed E-state index contributed by atoms with van der Waals surface area (Å²) in [4.78, 5) is 12.8. The maximum atomic E-state index is 12.8. The molecule has 0 saturated heterocycles. The van der Waals surface area contributed by atoms with E-state index in [1.165, 1.54) is 5.56 Å². The minimum Gasteiger partial charge on any atom is -0.322 e. The molecule has 1 heterocycles. The van der Waals surface area contributed by atoms with E-state index >= 15 is 0 Å². The lowest BCUT2D eigenvalue weighted by Gasteiger charge is -2.12. The van der Waals surface area contributed by atoms with Crippen molar-refractivity contribution in [3.63, 3.8) is 0 Å². The molecule has 0 fully saturated rings. The number of hydrogen-bond acceptors (Lipinski definition) is 4. The van der Waals surface area contributed by atoms with E-state index in [2.05, 4.69) is 70.3 Å². The summed E-state index contributed by atoms with van der Waals surface area (Å²) in [5.41, 5.74) is 6.03. The molecule has 0 aliphatic carbocycles. The van der Waals surface area contributed by atoms with Crippen LogP contribution in [0.4, 0.5) is 5.69 Å². The molecule has 0 bridgehead atoms. The second-order valence-electron chi connectivity index (χ2n) is 9.95. The molecule has 0 saturated carbocycles. The predicted molar refractivity (Wildman–Crippen MR) is 160 cm³/mol. The highest BCUT2D eigenvalue weighted by Gasteiger charge is 2.15. The van der Waals surface area contributed by atoms with Gasteiger partial charge in [-0.2, -0.15) is 0 Å². The Balaban J connectivity index is 1.21. The number of amides is 1.